The van der Waals surface area contributed by atoms with Gasteiger partial charge in [-0.25, -0.2) is 0 Å². The van der Waals surface area contributed by atoms with Gasteiger partial charge in [0.25, 0.3) is 0 Å². The van der Waals surface area contributed by atoms with Gasteiger partial charge in [0.15, 0.2) is 0 Å². The highest BCUT2D eigenvalue weighted by molar-refractivity contribution is 5.23. The van der Waals surface area contributed by atoms with Gasteiger partial charge in [0.2, 0.25) is 0 Å². The standard InChI is InChI=1S/C9H13NO2/c1-11-7-2-3-9-8(6-7)10-4-5-12-9/h2-3,8,10H,4-6H2,1H3. The van der Waals surface area contributed by atoms with Crippen LogP contribution in [0.15, 0.2) is 23.7 Å². The van der Waals surface area contributed by atoms with Crippen LogP contribution in [0.4, 0.5) is 0 Å². The fourth-order valence-corrected chi connectivity index (χ4v) is 1.54. The third-order valence-electron chi connectivity index (χ3n) is 2.21. The van der Waals surface area contributed by atoms with Crippen LogP contribution in [0.5, 0.6) is 0 Å². The molecule has 1 fully saturated rings. The fraction of sp³-hybridized carbons (Fsp3) is 0.556. The largest absolute Gasteiger partial charge is 0.501 e. The van der Waals surface area contributed by atoms with Crippen LogP contribution in [0.1, 0.15) is 6.42 Å². The monoisotopic (exact) mass is 167 g/mol. The van der Waals surface area contributed by atoms with E-state index in [4.69, 9.17) is 9.47 Å². The second-order valence-corrected chi connectivity index (χ2v) is 2.97. The van der Waals surface area contributed by atoms with Crippen LogP contribution < -0.4 is 5.32 Å². The van der Waals surface area contributed by atoms with Crippen LogP contribution in [0.2, 0.25) is 0 Å². The zero-order chi connectivity index (χ0) is 8.39. The second kappa shape index (κ2) is 3.19. The number of rotatable bonds is 1. The molecule has 1 N–H and O–H groups in total. The third kappa shape index (κ3) is 1.32. The molecular formula is C9H13NO2. The average molecular weight is 167 g/mol. The number of allylic oxidation sites excluding steroid dienone is 2. The summed E-state index contributed by atoms with van der Waals surface area (Å²) >= 11 is 0. The van der Waals surface area contributed by atoms with Gasteiger partial charge in [-0.05, 0) is 12.2 Å². The minimum atomic E-state index is 0.332. The van der Waals surface area contributed by atoms with Gasteiger partial charge in [0.1, 0.15) is 12.4 Å². The quantitative estimate of drug-likeness (QED) is 0.626. The topological polar surface area (TPSA) is 30.5 Å². The highest BCUT2D eigenvalue weighted by Crippen LogP contribution is 2.21. The summed E-state index contributed by atoms with van der Waals surface area (Å²) in [4.78, 5) is 0. The van der Waals surface area contributed by atoms with E-state index >= 15 is 0 Å². The lowest BCUT2D eigenvalue weighted by Crippen LogP contribution is -2.40. The SMILES string of the molecule is COC1=CC=C2OCCNC2C1. The Kier molecular flexibility index (Phi) is 2.04. The molecule has 1 saturated heterocycles. The first-order valence-electron chi connectivity index (χ1n) is 4.21. The van der Waals surface area contributed by atoms with Crippen molar-refractivity contribution in [3.05, 3.63) is 23.7 Å². The van der Waals surface area contributed by atoms with E-state index in [1.165, 1.54) is 0 Å². The molecule has 1 atom stereocenters. The molecule has 1 unspecified atom stereocenters. The summed E-state index contributed by atoms with van der Waals surface area (Å²) < 4.78 is 10.6. The van der Waals surface area contributed by atoms with Crippen LogP contribution in [-0.4, -0.2) is 26.3 Å². The van der Waals surface area contributed by atoms with Crippen molar-refractivity contribution < 1.29 is 9.47 Å². The maximum absolute atomic E-state index is 5.47. The molecule has 1 aliphatic carbocycles. The summed E-state index contributed by atoms with van der Waals surface area (Å²) in [6, 6.07) is 0.332. The summed E-state index contributed by atoms with van der Waals surface area (Å²) in [5.74, 6) is 2.06. The van der Waals surface area contributed by atoms with E-state index in [-0.39, 0.29) is 0 Å². The molecule has 0 aromatic rings. The highest BCUT2D eigenvalue weighted by Gasteiger charge is 2.23. The van der Waals surface area contributed by atoms with Gasteiger partial charge in [-0.3, -0.25) is 0 Å². The number of nitrogens with one attached hydrogen (secondary N) is 1. The van der Waals surface area contributed by atoms with Gasteiger partial charge in [0, 0.05) is 13.0 Å². The van der Waals surface area contributed by atoms with Gasteiger partial charge in [0.05, 0.1) is 18.9 Å². The predicted molar refractivity (Wildman–Crippen MR) is 45.5 cm³/mol. The van der Waals surface area contributed by atoms with Gasteiger partial charge >= 0.3 is 0 Å². The van der Waals surface area contributed by atoms with E-state index in [0.717, 1.165) is 31.1 Å². The maximum atomic E-state index is 5.47. The van der Waals surface area contributed by atoms with E-state index in [2.05, 4.69) is 5.32 Å². The van der Waals surface area contributed by atoms with E-state index < -0.39 is 0 Å². The zero-order valence-corrected chi connectivity index (χ0v) is 7.17. The molecule has 12 heavy (non-hydrogen) atoms. The molecule has 0 saturated carbocycles. The number of hydrogen-bond acceptors (Lipinski definition) is 3. The van der Waals surface area contributed by atoms with Gasteiger partial charge in [-0.15, -0.1) is 0 Å². The lowest BCUT2D eigenvalue weighted by atomic mass is 10.0. The zero-order valence-electron chi connectivity index (χ0n) is 7.17. The Morgan fingerprint density at radius 2 is 2.50 bits per heavy atom. The van der Waals surface area contributed by atoms with Crippen LogP contribution >= 0.6 is 0 Å². The molecule has 3 nitrogen and oxygen atoms in total. The molecule has 1 heterocycles. The van der Waals surface area contributed by atoms with Crippen molar-refractivity contribution in [2.45, 2.75) is 12.5 Å². The number of fused-ring (bicyclic) bond motifs is 1. The smallest absolute Gasteiger partial charge is 0.114 e. The molecule has 2 rings (SSSR count). The first-order valence-corrected chi connectivity index (χ1v) is 4.21. The van der Waals surface area contributed by atoms with E-state index in [1.807, 2.05) is 12.2 Å². The first kappa shape index (κ1) is 7.68. The van der Waals surface area contributed by atoms with E-state index in [1.54, 1.807) is 7.11 Å². The molecule has 0 radical (unpaired) electrons. The van der Waals surface area contributed by atoms with Crippen molar-refractivity contribution in [1.29, 1.82) is 0 Å². The molecule has 0 aromatic carbocycles. The number of ether oxygens (including phenoxy) is 2. The van der Waals surface area contributed by atoms with Gasteiger partial charge in [-0.2, -0.15) is 0 Å². The number of morpholine rings is 1. The lowest BCUT2D eigenvalue weighted by molar-refractivity contribution is 0.136. The summed E-state index contributed by atoms with van der Waals surface area (Å²) in [7, 11) is 1.70. The molecule has 1 aliphatic heterocycles. The molecule has 0 amide bonds. The van der Waals surface area contributed by atoms with Gasteiger partial charge < -0.3 is 14.8 Å². The average Bonchev–Trinajstić information content (AvgIpc) is 2.17. The van der Waals surface area contributed by atoms with Crippen LogP contribution in [0, 0.1) is 0 Å². The van der Waals surface area contributed by atoms with Gasteiger partial charge in [-0.1, -0.05) is 0 Å². The van der Waals surface area contributed by atoms with Crippen molar-refractivity contribution in [3.8, 4) is 0 Å². The van der Waals surface area contributed by atoms with Crippen LogP contribution in [0.3, 0.4) is 0 Å². The summed E-state index contributed by atoms with van der Waals surface area (Å²) in [5.41, 5.74) is 0. The Bertz CT molecular complexity index is 233. The lowest BCUT2D eigenvalue weighted by Gasteiger charge is -2.29. The second-order valence-electron chi connectivity index (χ2n) is 2.97. The number of hydrogen-bond donors (Lipinski definition) is 1. The van der Waals surface area contributed by atoms with Crippen molar-refractivity contribution >= 4 is 0 Å². The van der Waals surface area contributed by atoms with E-state index in [9.17, 15) is 0 Å². The fourth-order valence-electron chi connectivity index (χ4n) is 1.54. The molecule has 0 spiro atoms. The van der Waals surface area contributed by atoms with Crippen LogP contribution in [0.25, 0.3) is 0 Å². The Hall–Kier alpha value is -0.960. The van der Waals surface area contributed by atoms with Crippen molar-refractivity contribution in [2.75, 3.05) is 20.3 Å². The normalized spacial score (nSPS) is 27.9. The Labute approximate surface area is 72.0 Å². The molecule has 0 aromatic heterocycles. The van der Waals surface area contributed by atoms with Crippen molar-refractivity contribution in [3.63, 3.8) is 0 Å². The highest BCUT2D eigenvalue weighted by atomic mass is 16.5. The Morgan fingerprint density at radius 3 is 3.33 bits per heavy atom. The minimum Gasteiger partial charge on any atom is -0.501 e. The summed E-state index contributed by atoms with van der Waals surface area (Å²) in [6.07, 6.45) is 4.86. The molecule has 0 bridgehead atoms. The van der Waals surface area contributed by atoms with Crippen molar-refractivity contribution in [1.82, 2.24) is 5.32 Å². The van der Waals surface area contributed by atoms with Crippen LogP contribution in [-0.2, 0) is 9.47 Å². The molecular weight excluding hydrogens is 154 g/mol. The number of methoxy groups -OCH3 is 1. The molecule has 3 heteroatoms. The maximum Gasteiger partial charge on any atom is 0.114 e. The summed E-state index contributed by atoms with van der Waals surface area (Å²) in [6.45, 7) is 1.71. The summed E-state index contributed by atoms with van der Waals surface area (Å²) in [5, 5.41) is 3.37. The Balaban J connectivity index is 2.12. The van der Waals surface area contributed by atoms with E-state index in [0.29, 0.717) is 6.04 Å². The first-order chi connectivity index (χ1) is 5.90. The third-order valence-corrected chi connectivity index (χ3v) is 2.21. The Morgan fingerprint density at radius 1 is 1.58 bits per heavy atom. The van der Waals surface area contributed by atoms with Crippen molar-refractivity contribution in [2.24, 2.45) is 0 Å². The minimum absolute atomic E-state index is 0.332. The molecule has 66 valence electrons. The molecule has 2 aliphatic rings. The predicted octanol–water partition coefficient (Wildman–Crippen LogP) is 0.793.